The van der Waals surface area contributed by atoms with E-state index in [1.807, 2.05) is 6.92 Å². The van der Waals surface area contributed by atoms with Crippen LogP contribution < -0.4 is 10.0 Å². The van der Waals surface area contributed by atoms with Crippen molar-refractivity contribution < 1.29 is 18.0 Å². The van der Waals surface area contributed by atoms with Gasteiger partial charge in [-0.15, -0.1) is 0 Å². The van der Waals surface area contributed by atoms with Crippen LogP contribution in [0.1, 0.15) is 42.6 Å². The average Bonchev–Trinajstić information content (AvgIpc) is 3.40. The second kappa shape index (κ2) is 7.60. The molecule has 0 spiro atoms. The van der Waals surface area contributed by atoms with Gasteiger partial charge in [-0.2, -0.15) is 0 Å². The van der Waals surface area contributed by atoms with Gasteiger partial charge in [0.05, 0.1) is 15.3 Å². The lowest BCUT2D eigenvalue weighted by molar-refractivity contribution is -0.114. The van der Waals surface area contributed by atoms with Crippen LogP contribution in [0.15, 0.2) is 17.0 Å². The molecule has 2 N–H and O–H groups in total. The molecule has 1 unspecified atom stereocenters. The molecule has 2 aromatic rings. The third kappa shape index (κ3) is 3.73. The molecule has 1 atom stereocenters. The molecule has 1 aliphatic carbocycles. The molecule has 1 aromatic carbocycles. The zero-order valence-corrected chi connectivity index (χ0v) is 19.0. The van der Waals surface area contributed by atoms with Crippen molar-refractivity contribution in [1.29, 1.82) is 0 Å². The molecule has 2 heterocycles. The first kappa shape index (κ1) is 21.2. The van der Waals surface area contributed by atoms with E-state index in [4.69, 9.17) is 11.6 Å². The minimum absolute atomic E-state index is 0.0526. The third-order valence-corrected chi connectivity index (χ3v) is 8.33. The van der Waals surface area contributed by atoms with Crippen LogP contribution in [0.4, 0.5) is 5.13 Å². The number of nitrogens with zero attached hydrogens (tertiary/aromatic N) is 2. The Morgan fingerprint density at radius 2 is 2.07 bits per heavy atom. The number of hydrogen-bond acceptors (Lipinski definition) is 6. The Hall–Kier alpha value is -2.01. The number of amides is 2. The summed E-state index contributed by atoms with van der Waals surface area (Å²) in [7, 11) is -2.58. The predicted octanol–water partition coefficient (Wildman–Crippen LogP) is 3.08. The number of carbonyl (C=O) groups is 2. The molecule has 4 rings (SSSR count). The number of anilines is 1. The summed E-state index contributed by atoms with van der Waals surface area (Å²) in [5.74, 6) is -0.0861. The van der Waals surface area contributed by atoms with Gasteiger partial charge in [-0.1, -0.05) is 22.9 Å². The number of thiazole rings is 1. The van der Waals surface area contributed by atoms with Gasteiger partial charge in [-0.25, -0.2) is 18.1 Å². The van der Waals surface area contributed by atoms with Gasteiger partial charge < -0.3 is 10.2 Å². The number of nitrogens with one attached hydrogen (secondary N) is 2. The first-order valence-electron chi connectivity index (χ1n) is 9.48. The molecular formula is C19H21ClN4O4S2. The smallest absolute Gasteiger partial charge is 0.256 e. The molecule has 1 saturated carbocycles. The van der Waals surface area contributed by atoms with Gasteiger partial charge in [0.2, 0.25) is 15.9 Å². The number of halogens is 1. The highest BCUT2D eigenvalue weighted by molar-refractivity contribution is 7.89. The Balaban J connectivity index is 1.84. The molecule has 30 heavy (non-hydrogen) atoms. The van der Waals surface area contributed by atoms with Crippen LogP contribution in [0.3, 0.4) is 0 Å². The molecular weight excluding hydrogens is 448 g/mol. The van der Waals surface area contributed by atoms with Crippen molar-refractivity contribution in [3.8, 4) is 10.4 Å². The molecule has 1 aliphatic heterocycles. The Bertz CT molecular complexity index is 1160. The van der Waals surface area contributed by atoms with Crippen molar-refractivity contribution in [1.82, 2.24) is 14.6 Å². The van der Waals surface area contributed by atoms with Crippen molar-refractivity contribution in [2.45, 2.75) is 44.2 Å². The summed E-state index contributed by atoms with van der Waals surface area (Å²) in [6, 6.07) is 3.29. The first-order valence-corrected chi connectivity index (χ1v) is 12.2. The van der Waals surface area contributed by atoms with Crippen LogP contribution in [-0.4, -0.2) is 43.2 Å². The molecule has 0 saturated heterocycles. The largest absolute Gasteiger partial charge is 0.331 e. The zero-order valence-electron chi connectivity index (χ0n) is 16.7. The molecule has 1 aromatic heterocycles. The second-order valence-electron chi connectivity index (χ2n) is 7.55. The maximum Gasteiger partial charge on any atom is 0.256 e. The standard InChI is InChI=1S/C19H21ClN4O4S2/c1-9(11-4-5-11)24-8-13-6-12(16-17(20)23-19(29-16)22-10(2)25)7-14(15(13)18(24)26)30(27,28)21-3/h6-7,9,11,21H,4-5,8H2,1-3H3,(H,22,23,25). The molecule has 8 nitrogen and oxygen atoms in total. The maximum atomic E-state index is 13.1. The summed E-state index contributed by atoms with van der Waals surface area (Å²) in [6.07, 6.45) is 2.16. The van der Waals surface area contributed by atoms with Crippen molar-refractivity contribution in [2.75, 3.05) is 12.4 Å². The van der Waals surface area contributed by atoms with Crippen LogP contribution in [0, 0.1) is 5.92 Å². The topological polar surface area (TPSA) is 108 Å². The quantitative estimate of drug-likeness (QED) is 0.677. The summed E-state index contributed by atoms with van der Waals surface area (Å²) in [5, 5.41) is 3.06. The maximum absolute atomic E-state index is 13.1. The van der Waals surface area contributed by atoms with E-state index in [9.17, 15) is 18.0 Å². The van der Waals surface area contributed by atoms with E-state index in [-0.39, 0.29) is 33.5 Å². The zero-order chi connectivity index (χ0) is 21.8. The third-order valence-electron chi connectivity index (χ3n) is 5.48. The van der Waals surface area contributed by atoms with Crippen LogP contribution in [0.25, 0.3) is 10.4 Å². The molecule has 0 bridgehead atoms. The lowest BCUT2D eigenvalue weighted by Gasteiger charge is -2.24. The van der Waals surface area contributed by atoms with Gasteiger partial charge in [0.15, 0.2) is 5.13 Å². The van der Waals surface area contributed by atoms with Crippen LogP contribution >= 0.6 is 22.9 Å². The Morgan fingerprint density at radius 3 is 2.67 bits per heavy atom. The number of benzene rings is 1. The SMILES string of the molecule is CNS(=O)(=O)c1cc(-c2sc(NC(C)=O)nc2Cl)cc2c1C(=O)N(C(C)C1CC1)C2. The highest BCUT2D eigenvalue weighted by Crippen LogP contribution is 2.43. The Morgan fingerprint density at radius 1 is 1.37 bits per heavy atom. The minimum atomic E-state index is -3.89. The van der Waals surface area contributed by atoms with Gasteiger partial charge in [0.25, 0.3) is 5.91 Å². The normalized spacial score (nSPS) is 17.2. The van der Waals surface area contributed by atoms with E-state index in [0.717, 1.165) is 24.2 Å². The van der Waals surface area contributed by atoms with E-state index in [2.05, 4.69) is 15.0 Å². The monoisotopic (exact) mass is 468 g/mol. The number of hydrogen-bond donors (Lipinski definition) is 2. The van der Waals surface area contributed by atoms with Crippen LogP contribution in [0.5, 0.6) is 0 Å². The van der Waals surface area contributed by atoms with Gasteiger partial charge in [0, 0.05) is 19.5 Å². The fourth-order valence-corrected chi connectivity index (χ4v) is 5.98. The lowest BCUT2D eigenvalue weighted by Crippen LogP contribution is -2.35. The fourth-order valence-electron chi connectivity index (χ4n) is 3.74. The molecule has 160 valence electrons. The number of rotatable bonds is 6. The molecule has 1 fully saturated rings. The van der Waals surface area contributed by atoms with Crippen molar-refractivity contribution in [3.63, 3.8) is 0 Å². The summed E-state index contributed by atoms with van der Waals surface area (Å²) in [6.45, 7) is 3.72. The van der Waals surface area contributed by atoms with Crippen molar-refractivity contribution in [2.24, 2.45) is 5.92 Å². The van der Waals surface area contributed by atoms with E-state index in [1.54, 1.807) is 11.0 Å². The Kier molecular flexibility index (Phi) is 5.38. The summed E-state index contributed by atoms with van der Waals surface area (Å²) in [5.41, 5.74) is 1.39. The molecule has 2 amide bonds. The van der Waals surface area contributed by atoms with Crippen LogP contribution in [-0.2, 0) is 21.4 Å². The van der Waals surface area contributed by atoms with Crippen LogP contribution in [0.2, 0.25) is 5.15 Å². The average molecular weight is 469 g/mol. The fraction of sp³-hybridized carbons (Fsp3) is 0.421. The summed E-state index contributed by atoms with van der Waals surface area (Å²) < 4.78 is 27.8. The van der Waals surface area contributed by atoms with E-state index < -0.39 is 10.0 Å². The van der Waals surface area contributed by atoms with Crippen molar-refractivity contribution >= 4 is 49.9 Å². The summed E-state index contributed by atoms with van der Waals surface area (Å²) in [4.78, 5) is 30.8. The molecule has 11 heteroatoms. The van der Waals surface area contributed by atoms with E-state index >= 15 is 0 Å². The number of aromatic nitrogens is 1. The van der Waals surface area contributed by atoms with E-state index in [0.29, 0.717) is 33.6 Å². The first-order chi connectivity index (χ1) is 14.1. The highest BCUT2D eigenvalue weighted by Gasteiger charge is 2.41. The van der Waals surface area contributed by atoms with Gasteiger partial charge >= 0.3 is 0 Å². The van der Waals surface area contributed by atoms with Gasteiger partial charge in [-0.3, -0.25) is 9.59 Å². The molecule has 0 radical (unpaired) electrons. The molecule has 2 aliphatic rings. The van der Waals surface area contributed by atoms with Gasteiger partial charge in [-0.05, 0) is 56.0 Å². The summed E-state index contributed by atoms with van der Waals surface area (Å²) >= 11 is 7.42. The van der Waals surface area contributed by atoms with Crippen molar-refractivity contribution in [3.05, 3.63) is 28.4 Å². The second-order valence-corrected chi connectivity index (χ2v) is 10.8. The lowest BCUT2D eigenvalue weighted by atomic mass is 10.1. The van der Waals surface area contributed by atoms with E-state index in [1.165, 1.54) is 20.0 Å². The Labute approximate surface area is 183 Å². The number of carbonyl (C=O) groups excluding carboxylic acids is 2. The van der Waals surface area contributed by atoms with Gasteiger partial charge in [0.1, 0.15) is 5.15 Å². The number of fused-ring (bicyclic) bond motifs is 1. The highest BCUT2D eigenvalue weighted by atomic mass is 35.5. The number of sulfonamides is 1. The predicted molar refractivity (Wildman–Crippen MR) is 115 cm³/mol. The minimum Gasteiger partial charge on any atom is -0.331 e.